The SMILES string of the molecule is COCC(N)C(CO)N(C)C1CCCCCC1. The van der Waals surface area contributed by atoms with Crippen LogP contribution in [0.5, 0.6) is 0 Å². The average molecular weight is 244 g/mol. The minimum absolute atomic E-state index is 0.0121. The monoisotopic (exact) mass is 244 g/mol. The number of nitrogens with zero attached hydrogens (tertiary/aromatic N) is 1. The highest BCUT2D eigenvalue weighted by Gasteiger charge is 2.27. The van der Waals surface area contributed by atoms with Crippen LogP contribution in [0.4, 0.5) is 0 Å². The maximum atomic E-state index is 9.52. The lowest BCUT2D eigenvalue weighted by Crippen LogP contribution is -2.53. The molecule has 0 radical (unpaired) electrons. The summed E-state index contributed by atoms with van der Waals surface area (Å²) >= 11 is 0. The van der Waals surface area contributed by atoms with Crippen LogP contribution in [0, 0.1) is 0 Å². The van der Waals surface area contributed by atoms with E-state index in [-0.39, 0.29) is 18.7 Å². The Morgan fingerprint density at radius 3 is 2.35 bits per heavy atom. The molecule has 4 heteroatoms. The number of aliphatic hydroxyl groups excluding tert-OH is 1. The van der Waals surface area contributed by atoms with Crippen LogP contribution in [0.3, 0.4) is 0 Å². The number of methoxy groups -OCH3 is 1. The van der Waals surface area contributed by atoms with Gasteiger partial charge in [-0.2, -0.15) is 0 Å². The highest BCUT2D eigenvalue weighted by atomic mass is 16.5. The van der Waals surface area contributed by atoms with Crippen molar-refractivity contribution in [1.82, 2.24) is 4.90 Å². The molecule has 0 saturated heterocycles. The quantitative estimate of drug-likeness (QED) is 0.684. The van der Waals surface area contributed by atoms with Gasteiger partial charge in [0.2, 0.25) is 0 Å². The van der Waals surface area contributed by atoms with Gasteiger partial charge in [0.25, 0.3) is 0 Å². The summed E-state index contributed by atoms with van der Waals surface area (Å²) in [6.07, 6.45) is 7.75. The number of hydrogen-bond acceptors (Lipinski definition) is 4. The van der Waals surface area contributed by atoms with Gasteiger partial charge in [-0.1, -0.05) is 25.7 Å². The number of rotatable bonds is 6. The van der Waals surface area contributed by atoms with Gasteiger partial charge < -0.3 is 15.6 Å². The summed E-state index contributed by atoms with van der Waals surface area (Å²) in [6.45, 7) is 0.611. The number of nitrogens with two attached hydrogens (primary N) is 1. The van der Waals surface area contributed by atoms with Crippen molar-refractivity contribution in [3.63, 3.8) is 0 Å². The van der Waals surface area contributed by atoms with Crippen LogP contribution in [0.25, 0.3) is 0 Å². The zero-order valence-corrected chi connectivity index (χ0v) is 11.3. The molecular weight excluding hydrogens is 216 g/mol. The first-order chi connectivity index (χ1) is 8.20. The van der Waals surface area contributed by atoms with Crippen molar-refractivity contribution in [3.8, 4) is 0 Å². The summed E-state index contributed by atoms with van der Waals surface area (Å²) in [4.78, 5) is 2.27. The van der Waals surface area contributed by atoms with Crippen molar-refractivity contribution in [2.24, 2.45) is 5.73 Å². The number of hydrogen-bond donors (Lipinski definition) is 2. The molecule has 4 nitrogen and oxygen atoms in total. The van der Waals surface area contributed by atoms with Crippen molar-refractivity contribution in [3.05, 3.63) is 0 Å². The molecule has 2 atom stereocenters. The molecule has 1 fully saturated rings. The Balaban J connectivity index is 2.53. The molecule has 1 aliphatic rings. The summed E-state index contributed by atoms with van der Waals surface area (Å²) in [5.41, 5.74) is 6.06. The van der Waals surface area contributed by atoms with Crippen molar-refractivity contribution in [2.75, 3.05) is 27.4 Å². The van der Waals surface area contributed by atoms with Gasteiger partial charge in [0.05, 0.1) is 19.3 Å². The van der Waals surface area contributed by atoms with Crippen molar-refractivity contribution in [1.29, 1.82) is 0 Å². The summed E-state index contributed by atoms with van der Waals surface area (Å²) in [5, 5.41) is 9.52. The second-order valence-electron chi connectivity index (χ2n) is 5.18. The molecule has 0 aromatic heterocycles. The molecular formula is C13H28N2O2. The standard InChI is InChI=1S/C13H28N2O2/c1-15(11-7-5-3-4-6-8-11)13(9-16)12(14)10-17-2/h11-13,16H,3-10,14H2,1-2H3. The van der Waals surface area contributed by atoms with E-state index in [0.717, 1.165) is 0 Å². The molecule has 1 rings (SSSR count). The molecule has 0 aromatic carbocycles. The second-order valence-corrected chi connectivity index (χ2v) is 5.18. The zero-order valence-electron chi connectivity index (χ0n) is 11.3. The van der Waals surface area contributed by atoms with Crippen LogP contribution < -0.4 is 5.73 Å². The fourth-order valence-electron chi connectivity index (χ4n) is 2.81. The van der Waals surface area contributed by atoms with Gasteiger partial charge in [-0.3, -0.25) is 4.90 Å². The van der Waals surface area contributed by atoms with E-state index in [1.54, 1.807) is 7.11 Å². The summed E-state index contributed by atoms with van der Waals surface area (Å²) < 4.78 is 5.09. The largest absolute Gasteiger partial charge is 0.395 e. The van der Waals surface area contributed by atoms with Crippen LogP contribution in [-0.4, -0.2) is 55.5 Å². The van der Waals surface area contributed by atoms with Gasteiger partial charge in [-0.05, 0) is 19.9 Å². The van der Waals surface area contributed by atoms with Crippen LogP contribution in [0.1, 0.15) is 38.5 Å². The first-order valence-electron chi connectivity index (χ1n) is 6.78. The van der Waals surface area contributed by atoms with Gasteiger partial charge in [0.1, 0.15) is 0 Å². The predicted octanol–water partition coefficient (Wildman–Crippen LogP) is 0.976. The third kappa shape index (κ3) is 4.54. The highest BCUT2D eigenvalue weighted by molar-refractivity contribution is 4.85. The molecule has 1 saturated carbocycles. The fraction of sp³-hybridized carbons (Fsp3) is 1.00. The normalized spacial score (nSPS) is 22.4. The second kappa shape index (κ2) is 8.03. The van der Waals surface area contributed by atoms with Crippen LogP contribution in [0.2, 0.25) is 0 Å². The van der Waals surface area contributed by atoms with Gasteiger partial charge in [0.15, 0.2) is 0 Å². The van der Waals surface area contributed by atoms with E-state index in [1.807, 2.05) is 0 Å². The zero-order chi connectivity index (χ0) is 12.7. The summed E-state index contributed by atoms with van der Waals surface area (Å²) in [7, 11) is 3.74. The minimum atomic E-state index is -0.113. The Hall–Kier alpha value is -0.160. The molecule has 0 aliphatic heterocycles. The lowest BCUT2D eigenvalue weighted by atomic mass is 10.0. The van der Waals surface area contributed by atoms with E-state index >= 15 is 0 Å². The minimum Gasteiger partial charge on any atom is -0.395 e. The van der Waals surface area contributed by atoms with E-state index in [0.29, 0.717) is 12.6 Å². The lowest BCUT2D eigenvalue weighted by molar-refractivity contribution is 0.0568. The van der Waals surface area contributed by atoms with E-state index in [1.165, 1.54) is 38.5 Å². The molecule has 3 N–H and O–H groups in total. The fourth-order valence-corrected chi connectivity index (χ4v) is 2.81. The van der Waals surface area contributed by atoms with Crippen LogP contribution >= 0.6 is 0 Å². The Morgan fingerprint density at radius 1 is 1.29 bits per heavy atom. The Labute approximate surface area is 105 Å². The molecule has 1 aliphatic carbocycles. The van der Waals surface area contributed by atoms with Crippen molar-refractivity contribution >= 4 is 0 Å². The lowest BCUT2D eigenvalue weighted by Gasteiger charge is -2.36. The first kappa shape index (κ1) is 14.9. The third-order valence-corrected chi connectivity index (χ3v) is 3.96. The molecule has 102 valence electrons. The number of likely N-dealkylation sites (N-methyl/N-ethyl adjacent to an activating group) is 1. The Morgan fingerprint density at radius 2 is 1.88 bits per heavy atom. The van der Waals surface area contributed by atoms with Gasteiger partial charge in [0, 0.05) is 19.2 Å². The van der Waals surface area contributed by atoms with Crippen LogP contribution in [0.15, 0.2) is 0 Å². The van der Waals surface area contributed by atoms with E-state index in [2.05, 4.69) is 11.9 Å². The van der Waals surface area contributed by atoms with Gasteiger partial charge in [-0.15, -0.1) is 0 Å². The smallest absolute Gasteiger partial charge is 0.0629 e. The van der Waals surface area contributed by atoms with Gasteiger partial charge in [-0.25, -0.2) is 0 Å². The number of aliphatic hydroxyl groups is 1. The maximum Gasteiger partial charge on any atom is 0.0629 e. The van der Waals surface area contributed by atoms with Crippen LogP contribution in [-0.2, 0) is 4.74 Å². The van der Waals surface area contributed by atoms with E-state index in [9.17, 15) is 5.11 Å². The summed E-state index contributed by atoms with van der Waals surface area (Å²) in [6, 6.07) is 0.467. The third-order valence-electron chi connectivity index (χ3n) is 3.96. The maximum absolute atomic E-state index is 9.52. The van der Waals surface area contributed by atoms with Crippen molar-refractivity contribution in [2.45, 2.75) is 56.7 Å². The Kier molecular flexibility index (Phi) is 7.04. The Bertz CT molecular complexity index is 194. The van der Waals surface area contributed by atoms with E-state index in [4.69, 9.17) is 10.5 Å². The van der Waals surface area contributed by atoms with Crippen molar-refractivity contribution < 1.29 is 9.84 Å². The molecule has 2 unspecified atom stereocenters. The topological polar surface area (TPSA) is 58.7 Å². The van der Waals surface area contributed by atoms with E-state index < -0.39 is 0 Å². The van der Waals surface area contributed by atoms with Gasteiger partial charge >= 0.3 is 0 Å². The number of ether oxygens (including phenoxy) is 1. The molecule has 0 aromatic rings. The first-order valence-corrected chi connectivity index (χ1v) is 6.78. The predicted molar refractivity (Wildman–Crippen MR) is 70.0 cm³/mol. The average Bonchev–Trinajstić information content (AvgIpc) is 2.58. The molecule has 0 amide bonds. The highest BCUT2D eigenvalue weighted by Crippen LogP contribution is 2.22. The molecule has 0 spiro atoms. The molecule has 0 bridgehead atoms. The molecule has 17 heavy (non-hydrogen) atoms. The molecule has 0 heterocycles. The summed E-state index contributed by atoms with van der Waals surface area (Å²) in [5.74, 6) is 0.